The van der Waals surface area contributed by atoms with Crippen molar-refractivity contribution in [2.24, 2.45) is 5.92 Å². The number of hydrogen-bond acceptors (Lipinski definition) is 3. The molecule has 1 aromatic carbocycles. The van der Waals surface area contributed by atoms with Gasteiger partial charge in [0.05, 0.1) is 17.9 Å². The maximum absolute atomic E-state index is 11.0. The topological polar surface area (TPSA) is 49.8 Å². The number of nitrogens with zero attached hydrogens (tertiary/aromatic N) is 1. The van der Waals surface area contributed by atoms with Crippen LogP contribution in [0.1, 0.15) is 30.1 Å². The average Bonchev–Trinajstić information content (AvgIpc) is 3.24. The second-order valence-corrected chi connectivity index (χ2v) is 6.09. The molecule has 1 aromatic rings. The number of benzene rings is 1. The molecule has 0 bridgehead atoms. The van der Waals surface area contributed by atoms with Crippen molar-refractivity contribution in [3.63, 3.8) is 0 Å². The fourth-order valence-corrected chi connectivity index (χ4v) is 3.05. The minimum absolute atomic E-state index is 0.298. The molecule has 0 saturated heterocycles. The Morgan fingerprint density at radius 2 is 2.25 bits per heavy atom. The number of aromatic carboxylic acids is 1. The van der Waals surface area contributed by atoms with Crippen LogP contribution in [0.25, 0.3) is 0 Å². The van der Waals surface area contributed by atoms with Crippen molar-refractivity contribution >= 4 is 27.6 Å². The monoisotopic (exact) mass is 341 g/mol. The van der Waals surface area contributed by atoms with Gasteiger partial charge in [-0.3, -0.25) is 0 Å². The summed E-state index contributed by atoms with van der Waals surface area (Å²) in [5, 5.41) is 9.03. The molecule has 1 N–H and O–H groups in total. The smallest absolute Gasteiger partial charge is 0.335 e. The highest BCUT2D eigenvalue weighted by Crippen LogP contribution is 2.38. The van der Waals surface area contributed by atoms with E-state index < -0.39 is 5.97 Å². The minimum Gasteiger partial charge on any atom is -0.478 e. The van der Waals surface area contributed by atoms with Crippen molar-refractivity contribution in [3.05, 3.63) is 28.2 Å². The summed E-state index contributed by atoms with van der Waals surface area (Å²) in [6.07, 6.45) is 2.55. The first-order valence-corrected chi connectivity index (χ1v) is 7.62. The van der Waals surface area contributed by atoms with Gasteiger partial charge in [0, 0.05) is 24.2 Å². The average molecular weight is 342 g/mol. The lowest BCUT2D eigenvalue weighted by Crippen LogP contribution is -2.37. The van der Waals surface area contributed by atoms with Gasteiger partial charge in [-0.25, -0.2) is 4.79 Å². The van der Waals surface area contributed by atoms with Crippen LogP contribution >= 0.6 is 15.9 Å². The lowest BCUT2D eigenvalue weighted by molar-refractivity contribution is 0.0697. The number of carbonyl (C=O) groups is 1. The number of anilines is 1. The molecular formula is C15H20BrNO3. The van der Waals surface area contributed by atoms with Crippen molar-refractivity contribution in [2.45, 2.75) is 25.8 Å². The van der Waals surface area contributed by atoms with Crippen LogP contribution in [0, 0.1) is 5.92 Å². The molecule has 0 spiro atoms. The van der Waals surface area contributed by atoms with Crippen LogP contribution in [-0.2, 0) is 4.74 Å². The van der Waals surface area contributed by atoms with Crippen LogP contribution in [0.4, 0.5) is 5.69 Å². The second-order valence-electron chi connectivity index (χ2n) is 5.24. The second kappa shape index (κ2) is 6.59. The van der Waals surface area contributed by atoms with Crippen molar-refractivity contribution < 1.29 is 14.6 Å². The van der Waals surface area contributed by atoms with E-state index in [0.717, 1.165) is 22.6 Å². The Bertz CT molecular complexity index is 488. The van der Waals surface area contributed by atoms with Gasteiger partial charge in [-0.05, 0) is 59.8 Å². The maximum Gasteiger partial charge on any atom is 0.335 e. The van der Waals surface area contributed by atoms with Gasteiger partial charge in [0.25, 0.3) is 0 Å². The molecule has 0 aliphatic heterocycles. The van der Waals surface area contributed by atoms with E-state index >= 15 is 0 Å². The van der Waals surface area contributed by atoms with Gasteiger partial charge >= 0.3 is 5.97 Å². The molecule has 1 unspecified atom stereocenters. The molecule has 0 heterocycles. The van der Waals surface area contributed by atoms with Crippen LogP contribution in [0.2, 0.25) is 0 Å². The maximum atomic E-state index is 11.0. The zero-order valence-electron chi connectivity index (χ0n) is 11.8. The van der Waals surface area contributed by atoms with E-state index in [9.17, 15) is 4.79 Å². The van der Waals surface area contributed by atoms with Crippen molar-refractivity contribution in [1.29, 1.82) is 0 Å². The highest BCUT2D eigenvalue weighted by molar-refractivity contribution is 9.10. The molecule has 1 atom stereocenters. The van der Waals surface area contributed by atoms with Gasteiger partial charge in [0.15, 0.2) is 0 Å². The first kappa shape index (κ1) is 15.3. The summed E-state index contributed by atoms with van der Waals surface area (Å²) >= 11 is 3.50. The number of ether oxygens (including phenoxy) is 1. The third kappa shape index (κ3) is 3.52. The molecule has 1 aliphatic carbocycles. The summed E-state index contributed by atoms with van der Waals surface area (Å²) in [5.74, 6) is -0.172. The number of rotatable bonds is 7. The van der Waals surface area contributed by atoms with Gasteiger partial charge in [-0.2, -0.15) is 0 Å². The fourth-order valence-electron chi connectivity index (χ4n) is 2.44. The Kier molecular flexibility index (Phi) is 5.05. The number of carboxylic acids is 1. The molecule has 1 fully saturated rings. The predicted molar refractivity (Wildman–Crippen MR) is 82.5 cm³/mol. The Morgan fingerprint density at radius 1 is 1.55 bits per heavy atom. The number of halogens is 1. The molecule has 110 valence electrons. The number of carboxylic acid groups (broad SMARTS) is 1. The van der Waals surface area contributed by atoms with Crippen LogP contribution in [-0.4, -0.2) is 37.4 Å². The third-order valence-corrected chi connectivity index (χ3v) is 4.47. The largest absolute Gasteiger partial charge is 0.478 e. The molecule has 0 radical (unpaired) electrons. The molecule has 5 heteroatoms. The van der Waals surface area contributed by atoms with Crippen molar-refractivity contribution in [1.82, 2.24) is 0 Å². The van der Waals surface area contributed by atoms with Gasteiger partial charge in [-0.1, -0.05) is 0 Å². The normalized spacial score (nSPS) is 15.9. The first-order chi connectivity index (χ1) is 9.54. The molecule has 2 rings (SSSR count). The highest BCUT2D eigenvalue weighted by atomic mass is 79.9. The highest BCUT2D eigenvalue weighted by Gasteiger charge is 2.32. The fraction of sp³-hybridized carbons (Fsp3) is 0.533. The summed E-state index contributed by atoms with van der Waals surface area (Å²) in [7, 11) is 1.70. The van der Waals surface area contributed by atoms with Crippen molar-refractivity contribution in [3.8, 4) is 0 Å². The zero-order valence-corrected chi connectivity index (χ0v) is 13.4. The van der Waals surface area contributed by atoms with Gasteiger partial charge in [-0.15, -0.1) is 0 Å². The summed E-state index contributed by atoms with van der Waals surface area (Å²) < 4.78 is 6.02. The van der Waals surface area contributed by atoms with Gasteiger partial charge in [0.2, 0.25) is 0 Å². The summed E-state index contributed by atoms with van der Waals surface area (Å²) in [6.45, 7) is 3.69. The minimum atomic E-state index is -0.907. The molecule has 1 aliphatic rings. The third-order valence-electron chi connectivity index (χ3n) is 3.84. The summed E-state index contributed by atoms with van der Waals surface area (Å²) in [6, 6.07) is 5.64. The summed E-state index contributed by atoms with van der Waals surface area (Å²) in [4.78, 5) is 13.3. The Balaban J connectivity index is 2.25. The van der Waals surface area contributed by atoms with Crippen LogP contribution in [0.3, 0.4) is 0 Å². The van der Waals surface area contributed by atoms with Crippen molar-refractivity contribution in [2.75, 3.05) is 25.2 Å². The van der Waals surface area contributed by atoms with Gasteiger partial charge < -0.3 is 14.7 Å². The first-order valence-electron chi connectivity index (χ1n) is 6.83. The van der Waals surface area contributed by atoms with E-state index in [0.29, 0.717) is 18.2 Å². The molecular weight excluding hydrogens is 322 g/mol. The molecule has 4 nitrogen and oxygen atoms in total. The molecule has 0 aromatic heterocycles. The number of methoxy groups -OCH3 is 1. The number of hydrogen-bond donors (Lipinski definition) is 1. The Hall–Kier alpha value is -1.07. The molecule has 20 heavy (non-hydrogen) atoms. The van der Waals surface area contributed by atoms with E-state index in [1.807, 2.05) is 6.07 Å². The van der Waals surface area contributed by atoms with E-state index in [-0.39, 0.29) is 0 Å². The SMILES string of the molecule is COCCN(c1ccc(C(=O)O)cc1Br)C(C)C1CC1. The Labute approximate surface area is 127 Å². The van der Waals surface area contributed by atoms with E-state index in [1.165, 1.54) is 12.8 Å². The van der Waals surface area contributed by atoms with E-state index in [4.69, 9.17) is 9.84 Å². The lowest BCUT2D eigenvalue weighted by Gasteiger charge is -2.32. The summed E-state index contributed by atoms with van der Waals surface area (Å²) in [5.41, 5.74) is 1.33. The molecule has 0 amide bonds. The van der Waals surface area contributed by atoms with E-state index in [1.54, 1.807) is 19.2 Å². The van der Waals surface area contributed by atoms with E-state index in [2.05, 4.69) is 27.8 Å². The predicted octanol–water partition coefficient (Wildman–Crippen LogP) is 3.40. The van der Waals surface area contributed by atoms with Gasteiger partial charge in [0.1, 0.15) is 0 Å². The van der Waals surface area contributed by atoms with Crippen LogP contribution in [0.5, 0.6) is 0 Å². The zero-order chi connectivity index (χ0) is 14.7. The van der Waals surface area contributed by atoms with Crippen LogP contribution < -0.4 is 4.90 Å². The Morgan fingerprint density at radius 3 is 2.75 bits per heavy atom. The van der Waals surface area contributed by atoms with Crippen LogP contribution in [0.15, 0.2) is 22.7 Å². The standard InChI is InChI=1S/C15H20BrNO3/c1-10(11-3-4-11)17(7-8-20-2)14-6-5-12(15(18)19)9-13(14)16/h5-6,9-11H,3-4,7-8H2,1-2H3,(H,18,19). The quantitative estimate of drug-likeness (QED) is 0.825. The lowest BCUT2D eigenvalue weighted by atomic mass is 10.1. The molecule has 1 saturated carbocycles.